The molecule has 0 N–H and O–H groups in total. The van der Waals surface area contributed by atoms with Gasteiger partial charge >= 0.3 is 5.97 Å². The van der Waals surface area contributed by atoms with Gasteiger partial charge in [-0.1, -0.05) is 83.1 Å². The summed E-state index contributed by atoms with van der Waals surface area (Å²) in [5, 5.41) is 0. The van der Waals surface area contributed by atoms with Crippen LogP contribution in [0.5, 0.6) is 5.75 Å². The summed E-state index contributed by atoms with van der Waals surface area (Å²) in [4.78, 5) is 21.0. The van der Waals surface area contributed by atoms with Crippen LogP contribution in [-0.4, -0.2) is 28.6 Å². The summed E-state index contributed by atoms with van der Waals surface area (Å²) in [5.74, 6) is 0.899. The Morgan fingerprint density at radius 3 is 1.95 bits per heavy atom. The topological polar surface area (TPSA) is 61.3 Å². The summed E-state index contributed by atoms with van der Waals surface area (Å²) in [6.45, 7) is 6.32. The van der Waals surface area contributed by atoms with Crippen molar-refractivity contribution in [3.63, 3.8) is 0 Å². The van der Waals surface area contributed by atoms with Gasteiger partial charge in [-0.15, -0.1) is 0 Å². The number of hydrogen-bond donors (Lipinski definition) is 0. The van der Waals surface area contributed by atoms with Gasteiger partial charge in [-0.2, -0.15) is 0 Å². The van der Waals surface area contributed by atoms with Crippen molar-refractivity contribution in [2.75, 3.05) is 6.61 Å². The molecule has 1 heterocycles. The van der Waals surface area contributed by atoms with Crippen LogP contribution < -0.4 is 4.74 Å². The number of benzene rings is 2. The zero-order valence-corrected chi connectivity index (χ0v) is 22.7. The minimum Gasteiger partial charge on any atom is -0.479 e. The van der Waals surface area contributed by atoms with Crippen molar-refractivity contribution >= 4 is 5.97 Å². The fourth-order valence-corrected chi connectivity index (χ4v) is 4.21. The molecule has 0 radical (unpaired) electrons. The molecule has 1 unspecified atom stereocenters. The minimum atomic E-state index is -0.653. The molecule has 1 aromatic heterocycles. The average Bonchev–Trinajstić information content (AvgIpc) is 2.94. The Bertz CT molecular complexity index is 1050. The first-order valence-corrected chi connectivity index (χ1v) is 14.0. The van der Waals surface area contributed by atoms with Crippen LogP contribution >= 0.6 is 0 Å². The third-order valence-corrected chi connectivity index (χ3v) is 6.46. The number of ether oxygens (including phenoxy) is 2. The fraction of sp³-hybridized carbons (Fsp3) is 0.469. The molecular weight excluding hydrogens is 460 g/mol. The van der Waals surface area contributed by atoms with Crippen LogP contribution in [0, 0.1) is 0 Å². The summed E-state index contributed by atoms with van der Waals surface area (Å²) in [6, 6.07) is 16.2. The van der Waals surface area contributed by atoms with Gasteiger partial charge in [0.25, 0.3) is 0 Å². The van der Waals surface area contributed by atoms with Gasteiger partial charge in [0, 0.05) is 23.5 Å². The first-order chi connectivity index (χ1) is 18.1. The van der Waals surface area contributed by atoms with Crippen molar-refractivity contribution < 1.29 is 14.3 Å². The number of rotatable bonds is 16. The monoisotopic (exact) mass is 502 g/mol. The average molecular weight is 503 g/mol. The maximum absolute atomic E-state index is 11.9. The molecule has 0 aliphatic carbocycles. The highest BCUT2D eigenvalue weighted by atomic mass is 16.6. The first-order valence-electron chi connectivity index (χ1n) is 14.0. The predicted molar refractivity (Wildman–Crippen MR) is 151 cm³/mol. The molecule has 0 bridgehead atoms. The van der Waals surface area contributed by atoms with Crippen LogP contribution in [0.25, 0.3) is 22.5 Å². The number of hydrogen-bond acceptors (Lipinski definition) is 5. The first kappa shape index (κ1) is 28.4. The van der Waals surface area contributed by atoms with Crippen LogP contribution in [0.2, 0.25) is 0 Å². The van der Waals surface area contributed by atoms with E-state index in [-0.39, 0.29) is 5.97 Å². The van der Waals surface area contributed by atoms with Gasteiger partial charge in [0.1, 0.15) is 5.75 Å². The zero-order chi connectivity index (χ0) is 26.3. The molecule has 0 aliphatic rings. The van der Waals surface area contributed by atoms with E-state index in [9.17, 15) is 4.79 Å². The second kappa shape index (κ2) is 15.8. The number of carbonyl (C=O) groups is 1. The molecule has 5 heteroatoms. The lowest BCUT2D eigenvalue weighted by Crippen LogP contribution is -2.26. The van der Waals surface area contributed by atoms with E-state index in [4.69, 9.17) is 9.47 Å². The number of unbranched alkanes of at least 4 members (excludes halogenated alkanes) is 7. The fourth-order valence-electron chi connectivity index (χ4n) is 4.21. The Balaban J connectivity index is 1.47. The Hall–Kier alpha value is -3.21. The smallest absolute Gasteiger partial charge is 0.347 e. The maximum Gasteiger partial charge on any atom is 0.347 e. The Kier molecular flexibility index (Phi) is 12.1. The van der Waals surface area contributed by atoms with E-state index < -0.39 is 6.10 Å². The number of carbonyl (C=O) groups excluding carboxylic acids is 1. The van der Waals surface area contributed by atoms with Crippen LogP contribution in [0.3, 0.4) is 0 Å². The van der Waals surface area contributed by atoms with E-state index in [1.807, 2.05) is 43.6 Å². The second-order valence-corrected chi connectivity index (χ2v) is 9.67. The lowest BCUT2D eigenvalue weighted by molar-refractivity contribution is -0.151. The van der Waals surface area contributed by atoms with Gasteiger partial charge in [0.05, 0.1) is 6.61 Å². The van der Waals surface area contributed by atoms with Gasteiger partial charge in [-0.25, -0.2) is 14.8 Å². The zero-order valence-electron chi connectivity index (χ0n) is 22.7. The lowest BCUT2D eigenvalue weighted by atomic mass is 10.0. The van der Waals surface area contributed by atoms with E-state index in [0.717, 1.165) is 29.5 Å². The van der Waals surface area contributed by atoms with Crippen molar-refractivity contribution in [1.29, 1.82) is 0 Å². The SMILES string of the molecule is CCCCCCCCCCc1ccc(-c2cnc(-c3ccc(OC(C)C(=O)OCCC)cc3)nc2)cc1. The van der Waals surface area contributed by atoms with Crippen LogP contribution in [0.15, 0.2) is 60.9 Å². The molecule has 37 heavy (non-hydrogen) atoms. The summed E-state index contributed by atoms with van der Waals surface area (Å²) in [7, 11) is 0. The van der Waals surface area contributed by atoms with Gasteiger partial charge in [0.2, 0.25) is 0 Å². The standard InChI is InChI=1S/C32H42N2O3/c1-4-6-7-8-9-10-11-12-13-26-14-16-27(17-15-26)29-23-33-31(34-24-29)28-18-20-30(21-19-28)37-25(3)32(35)36-22-5-2/h14-21,23-25H,4-13,22H2,1-3H3. The summed E-state index contributed by atoms with van der Waals surface area (Å²) < 4.78 is 10.8. The van der Waals surface area contributed by atoms with E-state index >= 15 is 0 Å². The molecule has 0 fully saturated rings. The summed E-state index contributed by atoms with van der Waals surface area (Å²) in [6.07, 6.45) is 15.8. The van der Waals surface area contributed by atoms with Crippen molar-refractivity contribution in [2.45, 2.75) is 91.1 Å². The highest BCUT2D eigenvalue weighted by molar-refractivity contribution is 5.74. The van der Waals surface area contributed by atoms with Gasteiger partial charge in [0.15, 0.2) is 11.9 Å². The molecule has 0 spiro atoms. The molecule has 2 aromatic carbocycles. The lowest BCUT2D eigenvalue weighted by Gasteiger charge is -2.14. The highest BCUT2D eigenvalue weighted by Crippen LogP contribution is 2.23. The maximum atomic E-state index is 11.9. The third kappa shape index (κ3) is 9.64. The molecule has 3 aromatic rings. The number of nitrogens with zero attached hydrogens (tertiary/aromatic N) is 2. The van der Waals surface area contributed by atoms with Gasteiger partial charge < -0.3 is 9.47 Å². The van der Waals surface area contributed by atoms with Crippen molar-refractivity contribution in [2.24, 2.45) is 0 Å². The molecule has 1 atom stereocenters. The number of aryl methyl sites for hydroxylation is 1. The van der Waals surface area contributed by atoms with E-state index in [0.29, 0.717) is 18.2 Å². The molecular formula is C32H42N2O3. The van der Waals surface area contributed by atoms with Crippen LogP contribution in [-0.2, 0) is 16.0 Å². The van der Waals surface area contributed by atoms with E-state index in [2.05, 4.69) is 41.2 Å². The van der Waals surface area contributed by atoms with Gasteiger partial charge in [-0.3, -0.25) is 0 Å². The minimum absolute atomic E-state index is 0.356. The highest BCUT2D eigenvalue weighted by Gasteiger charge is 2.16. The predicted octanol–water partition coefficient (Wildman–Crippen LogP) is 8.21. The molecule has 198 valence electrons. The number of esters is 1. The normalized spacial score (nSPS) is 11.8. The molecule has 0 aliphatic heterocycles. The van der Waals surface area contributed by atoms with Crippen molar-refractivity contribution in [3.05, 3.63) is 66.5 Å². The number of aromatic nitrogens is 2. The molecule has 5 nitrogen and oxygen atoms in total. The summed E-state index contributed by atoms with van der Waals surface area (Å²) >= 11 is 0. The van der Waals surface area contributed by atoms with Crippen LogP contribution in [0.1, 0.15) is 84.1 Å². The molecule has 0 amide bonds. The molecule has 0 saturated heterocycles. The van der Waals surface area contributed by atoms with Crippen molar-refractivity contribution in [3.8, 4) is 28.3 Å². The Morgan fingerprint density at radius 1 is 0.730 bits per heavy atom. The molecule has 3 rings (SSSR count). The largest absolute Gasteiger partial charge is 0.479 e. The molecule has 0 saturated carbocycles. The van der Waals surface area contributed by atoms with E-state index in [1.54, 1.807) is 6.92 Å². The second-order valence-electron chi connectivity index (χ2n) is 9.67. The Labute approximate surface area is 222 Å². The van der Waals surface area contributed by atoms with Crippen LogP contribution in [0.4, 0.5) is 0 Å². The summed E-state index contributed by atoms with van der Waals surface area (Å²) in [5.41, 5.74) is 4.41. The Morgan fingerprint density at radius 2 is 1.32 bits per heavy atom. The van der Waals surface area contributed by atoms with Gasteiger partial charge in [-0.05, 0) is 61.6 Å². The van der Waals surface area contributed by atoms with E-state index in [1.165, 1.54) is 56.9 Å². The van der Waals surface area contributed by atoms with Crippen molar-refractivity contribution in [1.82, 2.24) is 9.97 Å². The third-order valence-electron chi connectivity index (χ3n) is 6.46. The quantitative estimate of drug-likeness (QED) is 0.146.